The molecule has 1 aromatic carbocycles. The maximum absolute atomic E-state index is 12.7. The monoisotopic (exact) mass is 223 g/mol. The molecule has 1 saturated heterocycles. The van der Waals surface area contributed by atoms with Gasteiger partial charge in [-0.25, -0.2) is 4.39 Å². The first kappa shape index (κ1) is 11.6. The normalized spacial score (nSPS) is 22.2. The van der Waals surface area contributed by atoms with Gasteiger partial charge in [0.15, 0.2) is 0 Å². The molecular weight excluding hydrogens is 205 g/mol. The van der Waals surface area contributed by atoms with Crippen LogP contribution >= 0.6 is 0 Å². The molecule has 3 heteroatoms. The minimum absolute atomic E-state index is 0.180. The lowest BCUT2D eigenvalue weighted by atomic mass is 10.1. The number of rotatable bonds is 4. The Morgan fingerprint density at radius 1 is 1.44 bits per heavy atom. The van der Waals surface area contributed by atoms with Crippen LogP contribution in [0.4, 0.5) is 4.39 Å². The molecule has 16 heavy (non-hydrogen) atoms. The van der Waals surface area contributed by atoms with Gasteiger partial charge >= 0.3 is 0 Å². The smallest absolute Gasteiger partial charge is 0.123 e. The molecule has 0 spiro atoms. The van der Waals surface area contributed by atoms with E-state index in [4.69, 9.17) is 4.74 Å². The third kappa shape index (κ3) is 3.03. The minimum Gasteiger partial charge on any atom is -0.381 e. The standard InChI is InChI=1S/C13H18FNO/c1-10(12-2-4-13(14)5-3-12)15-8-11-6-7-16-9-11/h2-5,10-11,15H,6-9H2,1H3. The summed E-state index contributed by atoms with van der Waals surface area (Å²) in [6.45, 7) is 4.82. The van der Waals surface area contributed by atoms with Crippen LogP contribution in [0.5, 0.6) is 0 Å². The Morgan fingerprint density at radius 2 is 2.19 bits per heavy atom. The molecule has 88 valence electrons. The van der Waals surface area contributed by atoms with E-state index < -0.39 is 0 Å². The molecule has 0 saturated carbocycles. The van der Waals surface area contributed by atoms with Crippen LogP contribution in [-0.2, 0) is 4.74 Å². The highest BCUT2D eigenvalue weighted by Crippen LogP contribution is 2.15. The molecule has 0 bridgehead atoms. The predicted octanol–water partition coefficient (Wildman–Crippen LogP) is 2.51. The molecule has 0 aliphatic carbocycles. The zero-order chi connectivity index (χ0) is 11.4. The highest BCUT2D eigenvalue weighted by molar-refractivity contribution is 5.19. The average Bonchev–Trinajstić information content (AvgIpc) is 2.80. The maximum atomic E-state index is 12.7. The molecule has 0 amide bonds. The van der Waals surface area contributed by atoms with Crippen molar-refractivity contribution in [2.24, 2.45) is 5.92 Å². The van der Waals surface area contributed by atoms with Crippen molar-refractivity contribution >= 4 is 0 Å². The summed E-state index contributed by atoms with van der Waals surface area (Å²) >= 11 is 0. The predicted molar refractivity (Wildman–Crippen MR) is 61.7 cm³/mol. The summed E-state index contributed by atoms with van der Waals surface area (Å²) in [5, 5.41) is 3.46. The molecule has 2 unspecified atom stereocenters. The van der Waals surface area contributed by atoms with Crippen LogP contribution in [0, 0.1) is 11.7 Å². The molecule has 2 nitrogen and oxygen atoms in total. The number of hydrogen-bond donors (Lipinski definition) is 1. The third-order valence-electron chi connectivity index (χ3n) is 3.11. The molecular formula is C13H18FNO. The quantitative estimate of drug-likeness (QED) is 0.846. The number of nitrogens with one attached hydrogen (secondary N) is 1. The Kier molecular flexibility index (Phi) is 3.91. The second kappa shape index (κ2) is 5.41. The SMILES string of the molecule is CC(NCC1CCOC1)c1ccc(F)cc1. The van der Waals surface area contributed by atoms with Crippen LogP contribution < -0.4 is 5.32 Å². The Bertz CT molecular complexity index is 319. The van der Waals surface area contributed by atoms with Crippen molar-refractivity contribution < 1.29 is 9.13 Å². The van der Waals surface area contributed by atoms with Gasteiger partial charge < -0.3 is 10.1 Å². The Labute approximate surface area is 95.8 Å². The van der Waals surface area contributed by atoms with Gasteiger partial charge in [0.05, 0.1) is 6.61 Å². The fraction of sp³-hybridized carbons (Fsp3) is 0.538. The summed E-state index contributed by atoms with van der Waals surface area (Å²) in [5.41, 5.74) is 1.13. The second-order valence-corrected chi connectivity index (χ2v) is 4.41. The Balaban J connectivity index is 1.82. The van der Waals surface area contributed by atoms with Gasteiger partial charge in [-0.2, -0.15) is 0 Å². The van der Waals surface area contributed by atoms with Crippen LogP contribution in [0.25, 0.3) is 0 Å². The molecule has 1 aromatic rings. The van der Waals surface area contributed by atoms with E-state index in [0.717, 1.165) is 31.7 Å². The number of halogens is 1. The summed E-state index contributed by atoms with van der Waals surface area (Å²) in [5.74, 6) is 0.447. The maximum Gasteiger partial charge on any atom is 0.123 e. The van der Waals surface area contributed by atoms with Crippen LogP contribution in [0.3, 0.4) is 0 Å². The van der Waals surface area contributed by atoms with E-state index in [0.29, 0.717) is 5.92 Å². The largest absolute Gasteiger partial charge is 0.381 e. The van der Waals surface area contributed by atoms with Gasteiger partial charge in [-0.1, -0.05) is 12.1 Å². The van der Waals surface area contributed by atoms with Crippen LogP contribution in [0.1, 0.15) is 24.9 Å². The van der Waals surface area contributed by atoms with Gasteiger partial charge in [-0.3, -0.25) is 0 Å². The van der Waals surface area contributed by atoms with E-state index in [1.165, 1.54) is 12.1 Å². The molecule has 1 heterocycles. The number of ether oxygens (including phenoxy) is 1. The first-order valence-corrected chi connectivity index (χ1v) is 5.82. The van der Waals surface area contributed by atoms with E-state index in [1.807, 2.05) is 12.1 Å². The highest BCUT2D eigenvalue weighted by atomic mass is 19.1. The lowest BCUT2D eigenvalue weighted by Crippen LogP contribution is -2.25. The topological polar surface area (TPSA) is 21.3 Å². The molecule has 0 radical (unpaired) electrons. The van der Waals surface area contributed by atoms with E-state index in [-0.39, 0.29) is 11.9 Å². The third-order valence-corrected chi connectivity index (χ3v) is 3.11. The van der Waals surface area contributed by atoms with Gasteiger partial charge in [-0.15, -0.1) is 0 Å². The molecule has 1 fully saturated rings. The zero-order valence-electron chi connectivity index (χ0n) is 9.58. The van der Waals surface area contributed by atoms with Gasteiger partial charge in [0.25, 0.3) is 0 Å². The van der Waals surface area contributed by atoms with Crippen molar-refractivity contribution in [2.75, 3.05) is 19.8 Å². The summed E-state index contributed by atoms with van der Waals surface area (Å²) in [4.78, 5) is 0. The van der Waals surface area contributed by atoms with E-state index >= 15 is 0 Å². The summed E-state index contributed by atoms with van der Waals surface area (Å²) in [7, 11) is 0. The fourth-order valence-electron chi connectivity index (χ4n) is 1.96. The summed E-state index contributed by atoms with van der Waals surface area (Å²) in [6, 6.07) is 6.94. The zero-order valence-corrected chi connectivity index (χ0v) is 9.58. The highest BCUT2D eigenvalue weighted by Gasteiger charge is 2.16. The fourth-order valence-corrected chi connectivity index (χ4v) is 1.96. The Morgan fingerprint density at radius 3 is 2.81 bits per heavy atom. The van der Waals surface area contributed by atoms with E-state index in [2.05, 4.69) is 12.2 Å². The molecule has 1 aliphatic heterocycles. The van der Waals surface area contributed by atoms with Crippen LogP contribution in [0.2, 0.25) is 0 Å². The van der Waals surface area contributed by atoms with Crippen LogP contribution in [0.15, 0.2) is 24.3 Å². The molecule has 1 aliphatic rings. The molecule has 1 N–H and O–H groups in total. The van der Waals surface area contributed by atoms with Crippen molar-refractivity contribution in [3.63, 3.8) is 0 Å². The second-order valence-electron chi connectivity index (χ2n) is 4.41. The van der Waals surface area contributed by atoms with Gasteiger partial charge in [0, 0.05) is 19.2 Å². The van der Waals surface area contributed by atoms with E-state index in [1.54, 1.807) is 0 Å². The van der Waals surface area contributed by atoms with Crippen LogP contribution in [-0.4, -0.2) is 19.8 Å². The Hall–Kier alpha value is -0.930. The first-order valence-electron chi connectivity index (χ1n) is 5.82. The van der Waals surface area contributed by atoms with Crippen molar-refractivity contribution in [3.05, 3.63) is 35.6 Å². The summed E-state index contributed by atoms with van der Waals surface area (Å²) < 4.78 is 18.1. The van der Waals surface area contributed by atoms with Gasteiger partial charge in [0.2, 0.25) is 0 Å². The van der Waals surface area contributed by atoms with Crippen molar-refractivity contribution in [3.8, 4) is 0 Å². The minimum atomic E-state index is -0.180. The van der Waals surface area contributed by atoms with Crippen molar-refractivity contribution in [1.29, 1.82) is 0 Å². The molecule has 0 aromatic heterocycles. The summed E-state index contributed by atoms with van der Waals surface area (Å²) in [6.07, 6.45) is 1.14. The van der Waals surface area contributed by atoms with Gasteiger partial charge in [-0.05, 0) is 37.0 Å². The van der Waals surface area contributed by atoms with Gasteiger partial charge in [0.1, 0.15) is 5.82 Å². The van der Waals surface area contributed by atoms with Crippen molar-refractivity contribution in [2.45, 2.75) is 19.4 Å². The van der Waals surface area contributed by atoms with E-state index in [9.17, 15) is 4.39 Å². The lowest BCUT2D eigenvalue weighted by Gasteiger charge is -2.16. The lowest BCUT2D eigenvalue weighted by molar-refractivity contribution is 0.184. The van der Waals surface area contributed by atoms with Crippen molar-refractivity contribution in [1.82, 2.24) is 5.32 Å². The number of hydrogen-bond acceptors (Lipinski definition) is 2. The number of benzene rings is 1. The first-order chi connectivity index (χ1) is 7.75. The average molecular weight is 223 g/mol. The molecule has 2 rings (SSSR count). The molecule has 2 atom stereocenters.